The number of ether oxygens (including phenoxy) is 1. The van der Waals surface area contributed by atoms with Crippen LogP contribution in [0.1, 0.15) is 24.0 Å². The average molecular weight is 277 g/mol. The highest BCUT2D eigenvalue weighted by atomic mass is 16.5. The van der Waals surface area contributed by atoms with Gasteiger partial charge in [-0.05, 0) is 30.9 Å². The number of hydrogen-bond acceptors (Lipinski definition) is 3. The normalized spacial score (nSPS) is 19.6. The van der Waals surface area contributed by atoms with Crippen LogP contribution in [-0.4, -0.2) is 35.7 Å². The highest BCUT2D eigenvalue weighted by Crippen LogP contribution is 2.14. The van der Waals surface area contributed by atoms with Crippen LogP contribution in [-0.2, 0) is 20.7 Å². The van der Waals surface area contributed by atoms with Crippen molar-refractivity contribution in [3.05, 3.63) is 35.4 Å². The van der Waals surface area contributed by atoms with Crippen molar-refractivity contribution in [2.24, 2.45) is 0 Å². The maximum absolute atomic E-state index is 11.9. The largest absolute Gasteiger partial charge is 0.480 e. The number of benzene rings is 1. The lowest BCUT2D eigenvalue weighted by atomic mass is 10.0. The lowest BCUT2D eigenvalue weighted by molar-refractivity contribution is -0.143. The summed E-state index contributed by atoms with van der Waals surface area (Å²) >= 11 is 0. The number of carbonyl (C=O) groups is 2. The Bertz CT molecular complexity index is 494. The van der Waals surface area contributed by atoms with Crippen molar-refractivity contribution in [1.82, 2.24) is 5.32 Å². The van der Waals surface area contributed by atoms with Crippen LogP contribution >= 0.6 is 0 Å². The highest BCUT2D eigenvalue weighted by molar-refractivity contribution is 5.86. The van der Waals surface area contributed by atoms with Crippen LogP contribution in [0.3, 0.4) is 0 Å². The molecule has 1 saturated heterocycles. The fourth-order valence-corrected chi connectivity index (χ4v) is 2.31. The number of rotatable bonds is 5. The van der Waals surface area contributed by atoms with Gasteiger partial charge in [0.1, 0.15) is 12.1 Å². The first kappa shape index (κ1) is 14.5. The van der Waals surface area contributed by atoms with E-state index in [1.807, 2.05) is 31.2 Å². The molecule has 1 aliphatic rings. The van der Waals surface area contributed by atoms with Gasteiger partial charge >= 0.3 is 5.97 Å². The standard InChI is InChI=1S/C15H19NO4/c1-10-5-2-3-6-11(10)9-12(15(18)19)16-14(17)13-7-4-8-20-13/h2-3,5-6,12-13H,4,7-9H2,1H3,(H,16,17)(H,18,19)/t12-,13-/m1/s1. The molecule has 0 saturated carbocycles. The van der Waals surface area contributed by atoms with Crippen molar-refractivity contribution in [2.45, 2.75) is 38.3 Å². The van der Waals surface area contributed by atoms with Crippen LogP contribution in [0.5, 0.6) is 0 Å². The molecule has 1 aromatic rings. The van der Waals surface area contributed by atoms with Gasteiger partial charge in [-0.25, -0.2) is 4.79 Å². The van der Waals surface area contributed by atoms with Crippen molar-refractivity contribution in [2.75, 3.05) is 6.61 Å². The van der Waals surface area contributed by atoms with Crippen LogP contribution in [0.2, 0.25) is 0 Å². The Morgan fingerprint density at radius 3 is 2.80 bits per heavy atom. The summed E-state index contributed by atoms with van der Waals surface area (Å²) in [7, 11) is 0. The molecule has 2 N–H and O–H groups in total. The van der Waals surface area contributed by atoms with E-state index in [1.165, 1.54) is 0 Å². The molecule has 1 aliphatic heterocycles. The smallest absolute Gasteiger partial charge is 0.326 e. The van der Waals surface area contributed by atoms with Gasteiger partial charge in [0.05, 0.1) is 0 Å². The molecular weight excluding hydrogens is 258 g/mol. The third-order valence-electron chi connectivity index (χ3n) is 3.52. The van der Waals surface area contributed by atoms with Crippen molar-refractivity contribution >= 4 is 11.9 Å². The number of amides is 1. The van der Waals surface area contributed by atoms with Gasteiger partial charge in [0.25, 0.3) is 0 Å². The summed E-state index contributed by atoms with van der Waals surface area (Å²) in [6, 6.07) is 6.65. The second kappa shape index (κ2) is 6.52. The molecule has 1 amide bonds. The van der Waals surface area contributed by atoms with Crippen molar-refractivity contribution in [1.29, 1.82) is 0 Å². The Labute approximate surface area is 117 Å². The minimum Gasteiger partial charge on any atom is -0.480 e. The molecule has 5 nitrogen and oxygen atoms in total. The van der Waals surface area contributed by atoms with Gasteiger partial charge in [0.15, 0.2) is 0 Å². The molecule has 0 aliphatic carbocycles. The molecule has 0 bridgehead atoms. The molecule has 2 rings (SSSR count). The number of carboxylic acids is 1. The summed E-state index contributed by atoms with van der Waals surface area (Å²) in [5.74, 6) is -1.36. The fourth-order valence-electron chi connectivity index (χ4n) is 2.31. The predicted octanol–water partition coefficient (Wildman–Crippen LogP) is 1.29. The van der Waals surface area contributed by atoms with E-state index >= 15 is 0 Å². The average Bonchev–Trinajstić information content (AvgIpc) is 2.94. The van der Waals surface area contributed by atoms with Crippen LogP contribution < -0.4 is 5.32 Å². The molecule has 0 aromatic heterocycles. The first-order chi connectivity index (χ1) is 9.58. The van der Waals surface area contributed by atoms with Crippen LogP contribution in [0.15, 0.2) is 24.3 Å². The van der Waals surface area contributed by atoms with Gasteiger partial charge in [-0.15, -0.1) is 0 Å². The Hall–Kier alpha value is -1.88. The summed E-state index contributed by atoms with van der Waals surface area (Å²) in [5, 5.41) is 11.8. The molecule has 0 unspecified atom stereocenters. The molecule has 1 heterocycles. The number of carbonyl (C=O) groups excluding carboxylic acids is 1. The fraction of sp³-hybridized carbons (Fsp3) is 0.467. The minimum atomic E-state index is -1.03. The Balaban J connectivity index is 2.02. The zero-order valence-electron chi connectivity index (χ0n) is 11.5. The predicted molar refractivity (Wildman–Crippen MR) is 73.4 cm³/mol. The van der Waals surface area contributed by atoms with E-state index in [0.29, 0.717) is 13.0 Å². The van der Waals surface area contributed by atoms with Crippen LogP contribution in [0.25, 0.3) is 0 Å². The minimum absolute atomic E-state index is 0.278. The third kappa shape index (κ3) is 3.57. The number of aliphatic carboxylic acids is 1. The van der Waals surface area contributed by atoms with E-state index in [2.05, 4.69) is 5.32 Å². The zero-order valence-corrected chi connectivity index (χ0v) is 11.5. The molecule has 0 spiro atoms. The molecule has 1 aromatic carbocycles. The Kier molecular flexibility index (Phi) is 4.74. The van der Waals surface area contributed by atoms with E-state index < -0.39 is 18.1 Å². The SMILES string of the molecule is Cc1ccccc1C[C@@H](NC(=O)[C@H]1CCCO1)C(=O)O. The Morgan fingerprint density at radius 2 is 2.20 bits per heavy atom. The quantitative estimate of drug-likeness (QED) is 0.850. The molecule has 5 heteroatoms. The lowest BCUT2D eigenvalue weighted by Gasteiger charge is -2.18. The summed E-state index contributed by atoms with van der Waals surface area (Å²) in [6.07, 6.45) is 1.27. The van der Waals surface area contributed by atoms with Gasteiger partial charge in [-0.1, -0.05) is 24.3 Å². The molecule has 2 atom stereocenters. The lowest BCUT2D eigenvalue weighted by Crippen LogP contribution is -2.46. The first-order valence-electron chi connectivity index (χ1n) is 6.77. The molecule has 108 valence electrons. The van der Waals surface area contributed by atoms with E-state index in [-0.39, 0.29) is 12.3 Å². The van der Waals surface area contributed by atoms with Gasteiger partial charge in [0.2, 0.25) is 5.91 Å². The maximum Gasteiger partial charge on any atom is 0.326 e. The van der Waals surface area contributed by atoms with Gasteiger partial charge in [-0.3, -0.25) is 4.79 Å². The number of hydrogen-bond donors (Lipinski definition) is 2. The molecule has 0 radical (unpaired) electrons. The Morgan fingerprint density at radius 1 is 1.45 bits per heavy atom. The molecule has 20 heavy (non-hydrogen) atoms. The summed E-state index contributed by atoms with van der Waals surface area (Å²) in [5.41, 5.74) is 1.94. The van der Waals surface area contributed by atoms with Gasteiger partial charge in [0, 0.05) is 13.0 Å². The summed E-state index contributed by atoms with van der Waals surface area (Å²) < 4.78 is 5.26. The summed E-state index contributed by atoms with van der Waals surface area (Å²) in [4.78, 5) is 23.2. The zero-order chi connectivity index (χ0) is 14.5. The van der Waals surface area contributed by atoms with E-state index in [0.717, 1.165) is 17.5 Å². The second-order valence-electron chi connectivity index (χ2n) is 5.03. The third-order valence-corrected chi connectivity index (χ3v) is 3.52. The monoisotopic (exact) mass is 277 g/mol. The van der Waals surface area contributed by atoms with Crippen molar-refractivity contribution < 1.29 is 19.4 Å². The maximum atomic E-state index is 11.9. The van der Waals surface area contributed by atoms with Gasteiger partial charge in [-0.2, -0.15) is 0 Å². The van der Waals surface area contributed by atoms with Gasteiger partial charge < -0.3 is 15.2 Å². The van der Waals surface area contributed by atoms with Crippen molar-refractivity contribution in [3.8, 4) is 0 Å². The van der Waals surface area contributed by atoms with E-state index in [4.69, 9.17) is 4.74 Å². The number of aryl methyl sites for hydroxylation is 1. The number of nitrogens with one attached hydrogen (secondary N) is 1. The number of carboxylic acid groups (broad SMARTS) is 1. The summed E-state index contributed by atoms with van der Waals surface area (Å²) in [6.45, 7) is 2.49. The molecular formula is C15H19NO4. The first-order valence-corrected chi connectivity index (χ1v) is 6.77. The van der Waals surface area contributed by atoms with E-state index in [1.54, 1.807) is 0 Å². The van der Waals surface area contributed by atoms with Crippen LogP contribution in [0.4, 0.5) is 0 Å². The molecule has 1 fully saturated rings. The van der Waals surface area contributed by atoms with Crippen LogP contribution in [0, 0.1) is 6.92 Å². The second-order valence-corrected chi connectivity index (χ2v) is 5.03. The highest BCUT2D eigenvalue weighted by Gasteiger charge is 2.28. The van der Waals surface area contributed by atoms with Crippen molar-refractivity contribution in [3.63, 3.8) is 0 Å². The van der Waals surface area contributed by atoms with E-state index in [9.17, 15) is 14.7 Å². The topological polar surface area (TPSA) is 75.6 Å².